The summed E-state index contributed by atoms with van der Waals surface area (Å²) in [7, 11) is 0. The number of anilines is 1. The molecule has 1 aromatic carbocycles. The second-order valence-corrected chi connectivity index (χ2v) is 5.46. The topological polar surface area (TPSA) is 43.3 Å². The minimum Gasteiger partial charge on any atom is -0.383 e. The molecule has 0 saturated heterocycles. The third kappa shape index (κ3) is 1.78. The largest absolute Gasteiger partial charge is 0.383 e. The van der Waals surface area contributed by atoms with Gasteiger partial charge in [0.1, 0.15) is 17.2 Å². The first-order valence-corrected chi connectivity index (χ1v) is 6.81. The molecule has 0 atom stereocenters. The van der Waals surface area contributed by atoms with Crippen LogP contribution in [0.4, 0.5) is 5.82 Å². The van der Waals surface area contributed by atoms with E-state index in [-0.39, 0.29) is 0 Å². The van der Waals surface area contributed by atoms with Crippen molar-refractivity contribution in [3.63, 3.8) is 0 Å². The maximum Gasteiger partial charge on any atom is 0.139 e. The third-order valence-electron chi connectivity index (χ3n) is 3.97. The van der Waals surface area contributed by atoms with Crippen molar-refractivity contribution in [3.05, 3.63) is 52.7 Å². The molecule has 20 heavy (non-hydrogen) atoms. The lowest BCUT2D eigenvalue weighted by molar-refractivity contribution is 1.10. The van der Waals surface area contributed by atoms with Crippen molar-refractivity contribution in [1.29, 1.82) is 0 Å². The van der Waals surface area contributed by atoms with Crippen molar-refractivity contribution in [2.24, 2.45) is 0 Å². The standard InChI is InChI=1S/C17H19N3/c1-10-8-12(3)14(9-11(10)2)16-17(18)20-13(4)6-5-7-15(20)19-16/h5-9H,18H2,1-4H3. The molecule has 3 rings (SSSR count). The minimum atomic E-state index is 0.712. The number of aromatic nitrogens is 2. The summed E-state index contributed by atoms with van der Waals surface area (Å²) in [5.41, 5.74) is 14.1. The van der Waals surface area contributed by atoms with Crippen LogP contribution in [0.3, 0.4) is 0 Å². The van der Waals surface area contributed by atoms with E-state index < -0.39 is 0 Å². The lowest BCUT2D eigenvalue weighted by Crippen LogP contribution is -1.98. The molecular weight excluding hydrogens is 246 g/mol. The zero-order valence-electron chi connectivity index (χ0n) is 12.4. The number of hydrogen-bond acceptors (Lipinski definition) is 2. The molecule has 0 aliphatic rings. The highest BCUT2D eigenvalue weighted by molar-refractivity contribution is 5.78. The molecule has 3 heteroatoms. The maximum absolute atomic E-state index is 6.33. The number of benzene rings is 1. The van der Waals surface area contributed by atoms with E-state index in [0.717, 1.165) is 22.6 Å². The van der Waals surface area contributed by atoms with Gasteiger partial charge in [-0.1, -0.05) is 12.1 Å². The SMILES string of the molecule is Cc1cc(C)c(-c2nc3cccc(C)n3c2N)cc1C. The van der Waals surface area contributed by atoms with Gasteiger partial charge in [0.2, 0.25) is 0 Å². The lowest BCUT2D eigenvalue weighted by atomic mass is 9.99. The van der Waals surface area contributed by atoms with Gasteiger partial charge in [-0.15, -0.1) is 0 Å². The molecule has 0 spiro atoms. The first-order chi connectivity index (χ1) is 9.49. The van der Waals surface area contributed by atoms with E-state index in [9.17, 15) is 0 Å². The molecule has 0 aliphatic heterocycles. The van der Waals surface area contributed by atoms with Crippen molar-refractivity contribution in [2.75, 3.05) is 5.73 Å². The van der Waals surface area contributed by atoms with Crippen LogP contribution in [0.15, 0.2) is 30.3 Å². The fourth-order valence-corrected chi connectivity index (χ4v) is 2.70. The Morgan fingerprint density at radius 3 is 2.35 bits per heavy atom. The molecular formula is C17H19N3. The molecule has 2 heterocycles. The van der Waals surface area contributed by atoms with Crippen molar-refractivity contribution in [2.45, 2.75) is 27.7 Å². The van der Waals surface area contributed by atoms with Gasteiger partial charge in [0.25, 0.3) is 0 Å². The van der Waals surface area contributed by atoms with Crippen molar-refractivity contribution < 1.29 is 0 Å². The fraction of sp³-hybridized carbons (Fsp3) is 0.235. The first kappa shape index (κ1) is 12.7. The van der Waals surface area contributed by atoms with Gasteiger partial charge in [0, 0.05) is 11.3 Å². The lowest BCUT2D eigenvalue weighted by Gasteiger charge is -2.08. The maximum atomic E-state index is 6.33. The smallest absolute Gasteiger partial charge is 0.139 e. The molecule has 0 bridgehead atoms. The van der Waals surface area contributed by atoms with E-state index in [1.807, 2.05) is 29.5 Å². The van der Waals surface area contributed by atoms with Gasteiger partial charge in [-0.05, 0) is 62.6 Å². The van der Waals surface area contributed by atoms with Gasteiger partial charge >= 0.3 is 0 Å². The Hall–Kier alpha value is -2.29. The molecule has 0 radical (unpaired) electrons. The van der Waals surface area contributed by atoms with Gasteiger partial charge in [-0.3, -0.25) is 4.40 Å². The van der Waals surface area contributed by atoms with Gasteiger partial charge in [0.15, 0.2) is 0 Å². The van der Waals surface area contributed by atoms with Crippen molar-refractivity contribution >= 4 is 11.5 Å². The van der Waals surface area contributed by atoms with Crippen LogP contribution in [0.25, 0.3) is 16.9 Å². The molecule has 102 valence electrons. The quantitative estimate of drug-likeness (QED) is 0.727. The number of nitrogens with zero attached hydrogens (tertiary/aromatic N) is 2. The summed E-state index contributed by atoms with van der Waals surface area (Å²) in [4.78, 5) is 4.71. The second kappa shape index (κ2) is 4.37. The summed E-state index contributed by atoms with van der Waals surface area (Å²) in [6, 6.07) is 10.4. The molecule has 0 amide bonds. The second-order valence-electron chi connectivity index (χ2n) is 5.46. The molecule has 3 aromatic rings. The number of aryl methyl sites for hydroxylation is 4. The Balaban J connectivity index is 2.33. The van der Waals surface area contributed by atoms with Crippen LogP contribution < -0.4 is 5.73 Å². The van der Waals surface area contributed by atoms with Crippen LogP contribution in [-0.2, 0) is 0 Å². The highest BCUT2D eigenvalue weighted by Crippen LogP contribution is 2.31. The summed E-state index contributed by atoms with van der Waals surface area (Å²) in [5.74, 6) is 0.712. The van der Waals surface area contributed by atoms with E-state index in [0.29, 0.717) is 5.82 Å². The first-order valence-electron chi connectivity index (χ1n) is 6.81. The molecule has 2 aromatic heterocycles. The van der Waals surface area contributed by atoms with Crippen LogP contribution in [-0.4, -0.2) is 9.38 Å². The fourth-order valence-electron chi connectivity index (χ4n) is 2.70. The highest BCUT2D eigenvalue weighted by atomic mass is 15.1. The average Bonchev–Trinajstić information content (AvgIpc) is 2.73. The van der Waals surface area contributed by atoms with Crippen LogP contribution in [0.1, 0.15) is 22.4 Å². The van der Waals surface area contributed by atoms with Crippen LogP contribution >= 0.6 is 0 Å². The van der Waals surface area contributed by atoms with Gasteiger partial charge in [-0.2, -0.15) is 0 Å². The Morgan fingerprint density at radius 2 is 1.65 bits per heavy atom. The molecule has 0 fully saturated rings. The summed E-state index contributed by atoms with van der Waals surface area (Å²) in [6.45, 7) is 8.40. The average molecular weight is 265 g/mol. The Labute approximate surface area is 119 Å². The number of imidazole rings is 1. The summed E-state index contributed by atoms with van der Waals surface area (Å²) < 4.78 is 2.00. The summed E-state index contributed by atoms with van der Waals surface area (Å²) in [6.07, 6.45) is 0. The Morgan fingerprint density at radius 1 is 0.950 bits per heavy atom. The number of fused-ring (bicyclic) bond motifs is 1. The molecule has 2 N–H and O–H groups in total. The van der Waals surface area contributed by atoms with E-state index in [2.05, 4.69) is 32.9 Å². The van der Waals surface area contributed by atoms with Gasteiger partial charge < -0.3 is 5.73 Å². The van der Waals surface area contributed by atoms with Crippen LogP contribution in [0.2, 0.25) is 0 Å². The number of nitrogens with two attached hydrogens (primary N) is 1. The number of rotatable bonds is 1. The number of pyridine rings is 1. The summed E-state index contributed by atoms with van der Waals surface area (Å²) in [5, 5.41) is 0. The highest BCUT2D eigenvalue weighted by Gasteiger charge is 2.15. The Kier molecular flexibility index (Phi) is 2.78. The minimum absolute atomic E-state index is 0.712. The van der Waals surface area contributed by atoms with Crippen LogP contribution in [0.5, 0.6) is 0 Å². The zero-order chi connectivity index (χ0) is 14.4. The van der Waals surface area contributed by atoms with E-state index in [4.69, 9.17) is 10.7 Å². The number of nitrogen functional groups attached to an aromatic ring is 1. The number of hydrogen-bond donors (Lipinski definition) is 1. The predicted molar refractivity (Wildman–Crippen MR) is 84.0 cm³/mol. The Bertz CT molecular complexity index is 813. The molecule has 0 aliphatic carbocycles. The monoisotopic (exact) mass is 265 g/mol. The van der Waals surface area contributed by atoms with Gasteiger partial charge in [0.05, 0.1) is 0 Å². The van der Waals surface area contributed by atoms with E-state index >= 15 is 0 Å². The molecule has 0 unspecified atom stereocenters. The summed E-state index contributed by atoms with van der Waals surface area (Å²) >= 11 is 0. The zero-order valence-corrected chi connectivity index (χ0v) is 12.4. The van der Waals surface area contributed by atoms with E-state index in [1.165, 1.54) is 16.7 Å². The van der Waals surface area contributed by atoms with Crippen LogP contribution in [0, 0.1) is 27.7 Å². The van der Waals surface area contributed by atoms with Crippen molar-refractivity contribution in [3.8, 4) is 11.3 Å². The van der Waals surface area contributed by atoms with Crippen molar-refractivity contribution in [1.82, 2.24) is 9.38 Å². The predicted octanol–water partition coefficient (Wildman–Crippen LogP) is 3.82. The normalized spacial score (nSPS) is 11.2. The molecule has 3 nitrogen and oxygen atoms in total. The molecule has 0 saturated carbocycles. The van der Waals surface area contributed by atoms with Gasteiger partial charge in [-0.25, -0.2) is 4.98 Å². The van der Waals surface area contributed by atoms with E-state index in [1.54, 1.807) is 0 Å². The third-order valence-corrected chi connectivity index (χ3v) is 3.97.